The molecule has 0 fully saturated rings. The van der Waals surface area contributed by atoms with Crippen LogP contribution in [-0.4, -0.2) is 11.7 Å². The Labute approximate surface area is 123 Å². The maximum atomic E-state index is 13.2. The SMILES string of the molecule is CC(NCC(O)c1ccc(C#N)cc1)c1cccc(F)c1. The minimum atomic E-state index is -0.672. The first-order valence-corrected chi connectivity index (χ1v) is 6.77. The Bertz CT molecular complexity index is 634. The Kier molecular flexibility index (Phi) is 5.04. The molecule has 0 saturated carbocycles. The minimum Gasteiger partial charge on any atom is -0.387 e. The van der Waals surface area contributed by atoms with E-state index in [0.717, 1.165) is 11.1 Å². The van der Waals surface area contributed by atoms with Gasteiger partial charge >= 0.3 is 0 Å². The summed E-state index contributed by atoms with van der Waals surface area (Å²) in [5.74, 6) is -0.270. The number of nitriles is 1. The zero-order valence-electron chi connectivity index (χ0n) is 11.8. The highest BCUT2D eigenvalue weighted by atomic mass is 19.1. The van der Waals surface area contributed by atoms with Crippen molar-refractivity contribution in [2.45, 2.75) is 19.1 Å². The van der Waals surface area contributed by atoms with Gasteiger partial charge in [0, 0.05) is 12.6 Å². The van der Waals surface area contributed by atoms with Crippen molar-refractivity contribution in [2.24, 2.45) is 0 Å². The second-order valence-electron chi connectivity index (χ2n) is 4.93. The molecule has 4 heteroatoms. The summed E-state index contributed by atoms with van der Waals surface area (Å²) < 4.78 is 13.2. The Balaban J connectivity index is 1.94. The summed E-state index contributed by atoms with van der Waals surface area (Å²) >= 11 is 0. The lowest BCUT2D eigenvalue weighted by Crippen LogP contribution is -2.24. The molecule has 108 valence electrons. The number of hydrogen-bond acceptors (Lipinski definition) is 3. The summed E-state index contributed by atoms with van der Waals surface area (Å²) in [6.07, 6.45) is -0.672. The standard InChI is InChI=1S/C17H17FN2O/c1-12(15-3-2-4-16(18)9-15)20-11-17(21)14-7-5-13(10-19)6-8-14/h2-9,12,17,20-21H,11H2,1H3. The first-order valence-electron chi connectivity index (χ1n) is 6.77. The van der Waals surface area contributed by atoms with Crippen LogP contribution in [0.15, 0.2) is 48.5 Å². The van der Waals surface area contributed by atoms with Gasteiger partial charge in [-0.3, -0.25) is 0 Å². The molecule has 21 heavy (non-hydrogen) atoms. The molecule has 2 rings (SSSR count). The van der Waals surface area contributed by atoms with Crippen LogP contribution in [0.5, 0.6) is 0 Å². The normalized spacial score (nSPS) is 13.4. The fourth-order valence-corrected chi connectivity index (χ4v) is 2.08. The topological polar surface area (TPSA) is 56.0 Å². The largest absolute Gasteiger partial charge is 0.387 e. The van der Waals surface area contributed by atoms with E-state index in [1.165, 1.54) is 12.1 Å². The van der Waals surface area contributed by atoms with E-state index < -0.39 is 6.10 Å². The molecule has 0 radical (unpaired) electrons. The molecule has 0 aromatic heterocycles. The van der Waals surface area contributed by atoms with Crippen molar-refractivity contribution < 1.29 is 9.50 Å². The number of hydrogen-bond donors (Lipinski definition) is 2. The van der Waals surface area contributed by atoms with E-state index in [4.69, 9.17) is 5.26 Å². The molecule has 0 saturated heterocycles. The third-order valence-corrected chi connectivity index (χ3v) is 3.39. The lowest BCUT2D eigenvalue weighted by atomic mass is 10.1. The van der Waals surface area contributed by atoms with E-state index >= 15 is 0 Å². The molecule has 0 bridgehead atoms. The molecule has 2 unspecified atom stereocenters. The van der Waals surface area contributed by atoms with Crippen LogP contribution in [-0.2, 0) is 0 Å². The van der Waals surface area contributed by atoms with Crippen LogP contribution in [0, 0.1) is 17.1 Å². The van der Waals surface area contributed by atoms with Crippen LogP contribution in [0.25, 0.3) is 0 Å². The quantitative estimate of drug-likeness (QED) is 0.887. The number of nitrogens with one attached hydrogen (secondary N) is 1. The van der Waals surface area contributed by atoms with Crippen LogP contribution in [0.2, 0.25) is 0 Å². The fraction of sp³-hybridized carbons (Fsp3) is 0.235. The molecule has 0 amide bonds. The highest BCUT2D eigenvalue weighted by Crippen LogP contribution is 2.17. The van der Waals surface area contributed by atoms with Gasteiger partial charge in [0.2, 0.25) is 0 Å². The zero-order chi connectivity index (χ0) is 15.2. The molecule has 0 aliphatic heterocycles. The van der Waals surface area contributed by atoms with Gasteiger partial charge in [-0.15, -0.1) is 0 Å². The first kappa shape index (κ1) is 15.2. The summed E-state index contributed by atoms with van der Waals surface area (Å²) in [6.45, 7) is 2.27. The Hall–Kier alpha value is -2.22. The minimum absolute atomic E-state index is 0.0614. The van der Waals surface area contributed by atoms with Gasteiger partial charge in [-0.1, -0.05) is 24.3 Å². The second-order valence-corrected chi connectivity index (χ2v) is 4.93. The highest BCUT2D eigenvalue weighted by molar-refractivity contribution is 5.32. The van der Waals surface area contributed by atoms with Gasteiger partial charge in [0.15, 0.2) is 0 Å². The Morgan fingerprint density at radius 2 is 1.90 bits per heavy atom. The van der Waals surface area contributed by atoms with Crippen LogP contribution >= 0.6 is 0 Å². The third kappa shape index (κ3) is 4.12. The molecule has 2 aromatic carbocycles. The van der Waals surface area contributed by atoms with Crippen molar-refractivity contribution >= 4 is 0 Å². The molecule has 3 nitrogen and oxygen atoms in total. The van der Waals surface area contributed by atoms with Crippen LogP contribution in [0.1, 0.15) is 35.8 Å². The van der Waals surface area contributed by atoms with E-state index in [1.54, 1.807) is 30.3 Å². The summed E-state index contributed by atoms with van der Waals surface area (Å²) in [5, 5.41) is 22.0. The average molecular weight is 284 g/mol. The first-order chi connectivity index (χ1) is 10.1. The molecule has 2 atom stereocenters. The van der Waals surface area contributed by atoms with Gasteiger partial charge in [-0.05, 0) is 42.3 Å². The van der Waals surface area contributed by atoms with Gasteiger partial charge in [0.25, 0.3) is 0 Å². The number of nitrogens with zero attached hydrogens (tertiary/aromatic N) is 1. The van der Waals surface area contributed by atoms with Gasteiger partial charge in [0.1, 0.15) is 5.82 Å². The number of rotatable bonds is 5. The van der Waals surface area contributed by atoms with Crippen molar-refractivity contribution in [3.05, 3.63) is 71.0 Å². The summed E-state index contributed by atoms with van der Waals surface area (Å²) in [6, 6.07) is 15.2. The third-order valence-electron chi connectivity index (χ3n) is 3.39. The van der Waals surface area contributed by atoms with E-state index in [0.29, 0.717) is 12.1 Å². The summed E-state index contributed by atoms with van der Waals surface area (Å²) in [4.78, 5) is 0. The van der Waals surface area contributed by atoms with Gasteiger partial charge < -0.3 is 10.4 Å². The van der Waals surface area contributed by atoms with Crippen LogP contribution < -0.4 is 5.32 Å². The lowest BCUT2D eigenvalue weighted by molar-refractivity contribution is 0.171. The molecular formula is C17H17FN2O. The predicted octanol–water partition coefficient (Wildman–Crippen LogP) is 3.08. The second kappa shape index (κ2) is 6.98. The highest BCUT2D eigenvalue weighted by Gasteiger charge is 2.11. The van der Waals surface area contributed by atoms with Gasteiger partial charge in [0.05, 0.1) is 17.7 Å². The molecule has 0 aliphatic carbocycles. The number of aliphatic hydroxyl groups excluding tert-OH is 1. The van der Waals surface area contributed by atoms with E-state index in [9.17, 15) is 9.50 Å². The van der Waals surface area contributed by atoms with Crippen molar-refractivity contribution in [3.8, 4) is 6.07 Å². The maximum absolute atomic E-state index is 13.2. The summed E-state index contributed by atoms with van der Waals surface area (Å²) in [7, 11) is 0. The lowest BCUT2D eigenvalue weighted by Gasteiger charge is -2.18. The number of benzene rings is 2. The van der Waals surface area contributed by atoms with E-state index in [-0.39, 0.29) is 11.9 Å². The molecular weight excluding hydrogens is 267 g/mol. The Morgan fingerprint density at radius 3 is 2.52 bits per heavy atom. The molecule has 2 N–H and O–H groups in total. The van der Waals surface area contributed by atoms with Crippen LogP contribution in [0.3, 0.4) is 0 Å². The molecule has 2 aromatic rings. The van der Waals surface area contributed by atoms with E-state index in [1.807, 2.05) is 19.1 Å². The van der Waals surface area contributed by atoms with Crippen molar-refractivity contribution in [1.29, 1.82) is 5.26 Å². The van der Waals surface area contributed by atoms with Gasteiger partial charge in [-0.25, -0.2) is 4.39 Å². The van der Waals surface area contributed by atoms with Crippen molar-refractivity contribution in [3.63, 3.8) is 0 Å². The van der Waals surface area contributed by atoms with E-state index in [2.05, 4.69) is 5.32 Å². The molecule has 0 spiro atoms. The molecule has 0 heterocycles. The van der Waals surface area contributed by atoms with Crippen molar-refractivity contribution in [2.75, 3.05) is 6.54 Å². The smallest absolute Gasteiger partial charge is 0.123 e. The zero-order valence-corrected chi connectivity index (χ0v) is 11.8. The number of aliphatic hydroxyl groups is 1. The monoisotopic (exact) mass is 284 g/mol. The fourth-order valence-electron chi connectivity index (χ4n) is 2.08. The average Bonchev–Trinajstić information content (AvgIpc) is 2.52. The van der Waals surface area contributed by atoms with Gasteiger partial charge in [-0.2, -0.15) is 5.26 Å². The number of halogens is 1. The maximum Gasteiger partial charge on any atom is 0.123 e. The summed E-state index contributed by atoms with van der Waals surface area (Å²) in [5.41, 5.74) is 2.14. The molecule has 0 aliphatic rings. The Morgan fingerprint density at radius 1 is 1.19 bits per heavy atom. The van der Waals surface area contributed by atoms with Crippen molar-refractivity contribution in [1.82, 2.24) is 5.32 Å². The van der Waals surface area contributed by atoms with Crippen LogP contribution in [0.4, 0.5) is 4.39 Å². The predicted molar refractivity (Wildman–Crippen MR) is 78.9 cm³/mol.